The Hall–Kier alpha value is -1.10. The van der Waals surface area contributed by atoms with Crippen LogP contribution in [0, 0.1) is 17.8 Å². The van der Waals surface area contributed by atoms with E-state index >= 15 is 0 Å². The van der Waals surface area contributed by atoms with Gasteiger partial charge < -0.3 is 16.2 Å². The van der Waals surface area contributed by atoms with Gasteiger partial charge >= 0.3 is 5.97 Å². The number of carbonyl (C=O) groups is 2. The molecule has 2 atom stereocenters. The van der Waals surface area contributed by atoms with E-state index in [2.05, 4.69) is 19.2 Å². The molecule has 1 saturated carbocycles. The predicted molar refractivity (Wildman–Crippen MR) is 82.8 cm³/mol. The van der Waals surface area contributed by atoms with E-state index in [0.29, 0.717) is 18.9 Å². The Bertz CT molecular complexity index is 338. The zero-order valence-electron chi connectivity index (χ0n) is 13.3. The lowest BCUT2D eigenvalue weighted by Crippen LogP contribution is -2.47. The SMILES string of the molecule is CC(C)C[C@H](CN)CC(=O)NC(C(=O)O)C1CCCCC1. The highest BCUT2D eigenvalue weighted by Gasteiger charge is 2.31. The predicted octanol–water partition coefficient (Wildman–Crippen LogP) is 2.15. The minimum atomic E-state index is -0.914. The van der Waals surface area contributed by atoms with Gasteiger partial charge in [-0.05, 0) is 43.6 Å². The highest BCUT2D eigenvalue weighted by molar-refractivity contribution is 5.83. The minimum absolute atomic E-state index is 0.0709. The van der Waals surface area contributed by atoms with E-state index < -0.39 is 12.0 Å². The van der Waals surface area contributed by atoms with E-state index in [-0.39, 0.29) is 17.7 Å². The Labute approximate surface area is 127 Å². The molecule has 0 aromatic heterocycles. The largest absolute Gasteiger partial charge is 0.480 e. The average molecular weight is 298 g/mol. The van der Waals surface area contributed by atoms with Crippen LogP contribution in [0.5, 0.6) is 0 Å². The zero-order valence-corrected chi connectivity index (χ0v) is 13.3. The molecule has 5 heteroatoms. The number of nitrogens with one attached hydrogen (secondary N) is 1. The molecule has 0 aromatic rings. The third-order valence-corrected chi connectivity index (χ3v) is 4.32. The number of carboxylic acids is 1. The molecule has 1 rings (SSSR count). The summed E-state index contributed by atoms with van der Waals surface area (Å²) in [5.74, 6) is -0.403. The molecule has 21 heavy (non-hydrogen) atoms. The molecule has 1 aliphatic rings. The first-order valence-electron chi connectivity index (χ1n) is 8.16. The van der Waals surface area contributed by atoms with Crippen LogP contribution in [0.1, 0.15) is 58.8 Å². The summed E-state index contributed by atoms with van der Waals surface area (Å²) in [7, 11) is 0. The lowest BCUT2D eigenvalue weighted by atomic mass is 9.83. The molecular formula is C16H30N2O3. The smallest absolute Gasteiger partial charge is 0.326 e. The summed E-state index contributed by atoms with van der Waals surface area (Å²) in [5, 5.41) is 12.1. The lowest BCUT2D eigenvalue weighted by Gasteiger charge is -2.28. The second-order valence-electron chi connectivity index (χ2n) is 6.72. The molecule has 122 valence electrons. The van der Waals surface area contributed by atoms with Gasteiger partial charge in [0.15, 0.2) is 0 Å². The van der Waals surface area contributed by atoms with Crippen molar-refractivity contribution < 1.29 is 14.7 Å². The van der Waals surface area contributed by atoms with Gasteiger partial charge in [0.25, 0.3) is 0 Å². The fourth-order valence-corrected chi connectivity index (χ4v) is 3.27. The average Bonchev–Trinajstić information content (AvgIpc) is 2.44. The van der Waals surface area contributed by atoms with Crippen LogP contribution in [-0.4, -0.2) is 29.6 Å². The van der Waals surface area contributed by atoms with Gasteiger partial charge in [0.05, 0.1) is 0 Å². The maximum atomic E-state index is 12.1. The van der Waals surface area contributed by atoms with Gasteiger partial charge in [-0.3, -0.25) is 4.79 Å². The Kier molecular flexibility index (Phi) is 7.72. The van der Waals surface area contributed by atoms with Crippen LogP contribution in [-0.2, 0) is 9.59 Å². The second-order valence-corrected chi connectivity index (χ2v) is 6.72. The summed E-state index contributed by atoms with van der Waals surface area (Å²) < 4.78 is 0. The van der Waals surface area contributed by atoms with Crippen molar-refractivity contribution in [2.75, 3.05) is 6.54 Å². The number of hydrogen-bond acceptors (Lipinski definition) is 3. The fourth-order valence-electron chi connectivity index (χ4n) is 3.27. The van der Waals surface area contributed by atoms with Crippen molar-refractivity contribution in [1.82, 2.24) is 5.32 Å². The number of rotatable bonds is 8. The van der Waals surface area contributed by atoms with Crippen molar-refractivity contribution in [3.63, 3.8) is 0 Å². The lowest BCUT2D eigenvalue weighted by molar-refractivity contribution is -0.144. The minimum Gasteiger partial charge on any atom is -0.480 e. The van der Waals surface area contributed by atoms with E-state index in [1.165, 1.54) is 6.42 Å². The first-order valence-corrected chi connectivity index (χ1v) is 8.16. The maximum Gasteiger partial charge on any atom is 0.326 e. The van der Waals surface area contributed by atoms with Crippen LogP contribution in [0.4, 0.5) is 0 Å². The molecule has 1 amide bonds. The molecule has 0 spiro atoms. The number of aliphatic carboxylic acids is 1. The Morgan fingerprint density at radius 1 is 1.24 bits per heavy atom. The molecule has 0 heterocycles. The fraction of sp³-hybridized carbons (Fsp3) is 0.875. The summed E-state index contributed by atoms with van der Waals surface area (Å²) in [6.45, 7) is 4.66. The van der Waals surface area contributed by atoms with Gasteiger partial charge in [-0.15, -0.1) is 0 Å². The van der Waals surface area contributed by atoms with Gasteiger partial charge in [0.1, 0.15) is 6.04 Å². The molecule has 1 aliphatic carbocycles. The Balaban J connectivity index is 2.53. The maximum absolute atomic E-state index is 12.1. The van der Waals surface area contributed by atoms with Crippen LogP contribution in [0.15, 0.2) is 0 Å². The van der Waals surface area contributed by atoms with Crippen molar-refractivity contribution in [2.24, 2.45) is 23.5 Å². The monoisotopic (exact) mass is 298 g/mol. The molecule has 1 fully saturated rings. The van der Waals surface area contributed by atoms with E-state index in [1.807, 2.05) is 0 Å². The number of nitrogens with two attached hydrogens (primary N) is 1. The van der Waals surface area contributed by atoms with Crippen LogP contribution >= 0.6 is 0 Å². The second kappa shape index (κ2) is 9.03. The van der Waals surface area contributed by atoms with Gasteiger partial charge in [-0.1, -0.05) is 33.1 Å². The third-order valence-electron chi connectivity index (χ3n) is 4.32. The molecule has 4 N–H and O–H groups in total. The number of carboxylic acid groups (broad SMARTS) is 1. The van der Waals surface area contributed by atoms with E-state index in [4.69, 9.17) is 5.73 Å². The number of hydrogen-bond donors (Lipinski definition) is 3. The van der Waals surface area contributed by atoms with Crippen LogP contribution < -0.4 is 11.1 Å². The summed E-state index contributed by atoms with van der Waals surface area (Å²) >= 11 is 0. The molecule has 5 nitrogen and oxygen atoms in total. The summed E-state index contributed by atoms with van der Waals surface area (Å²) in [6.07, 6.45) is 6.29. The normalized spacial score (nSPS) is 19.2. The van der Waals surface area contributed by atoms with E-state index in [9.17, 15) is 14.7 Å². The standard InChI is InChI=1S/C16H30N2O3/c1-11(2)8-12(10-17)9-14(19)18-15(16(20)21)13-6-4-3-5-7-13/h11-13,15H,3-10,17H2,1-2H3,(H,18,19)(H,20,21)/t12-,15?/m0/s1. The number of carbonyl (C=O) groups excluding carboxylic acids is 1. The highest BCUT2D eigenvalue weighted by atomic mass is 16.4. The highest BCUT2D eigenvalue weighted by Crippen LogP contribution is 2.27. The molecule has 1 unspecified atom stereocenters. The summed E-state index contributed by atoms with van der Waals surface area (Å²) in [5.41, 5.74) is 5.71. The van der Waals surface area contributed by atoms with Gasteiger partial charge in [-0.2, -0.15) is 0 Å². The van der Waals surface area contributed by atoms with Gasteiger partial charge in [0.2, 0.25) is 5.91 Å². The first-order chi connectivity index (χ1) is 9.93. The Morgan fingerprint density at radius 2 is 1.86 bits per heavy atom. The van der Waals surface area contributed by atoms with Crippen molar-refractivity contribution in [3.05, 3.63) is 0 Å². The third kappa shape index (κ3) is 6.46. The molecular weight excluding hydrogens is 268 g/mol. The molecule has 0 bridgehead atoms. The van der Waals surface area contributed by atoms with E-state index in [0.717, 1.165) is 32.1 Å². The van der Waals surface area contributed by atoms with Crippen molar-refractivity contribution in [3.8, 4) is 0 Å². The molecule has 0 radical (unpaired) electrons. The molecule has 0 aliphatic heterocycles. The molecule has 0 saturated heterocycles. The van der Waals surface area contributed by atoms with Crippen molar-refractivity contribution in [1.29, 1.82) is 0 Å². The van der Waals surface area contributed by atoms with Crippen molar-refractivity contribution in [2.45, 2.75) is 64.8 Å². The number of amides is 1. The van der Waals surface area contributed by atoms with Crippen molar-refractivity contribution >= 4 is 11.9 Å². The Morgan fingerprint density at radius 3 is 2.33 bits per heavy atom. The summed E-state index contributed by atoms with van der Waals surface area (Å²) in [6, 6.07) is -0.740. The van der Waals surface area contributed by atoms with Gasteiger partial charge in [-0.25, -0.2) is 4.79 Å². The zero-order chi connectivity index (χ0) is 15.8. The van der Waals surface area contributed by atoms with Crippen LogP contribution in [0.3, 0.4) is 0 Å². The van der Waals surface area contributed by atoms with Crippen LogP contribution in [0.2, 0.25) is 0 Å². The van der Waals surface area contributed by atoms with Gasteiger partial charge in [0, 0.05) is 6.42 Å². The quantitative estimate of drug-likeness (QED) is 0.640. The molecule has 0 aromatic carbocycles. The van der Waals surface area contributed by atoms with Crippen LogP contribution in [0.25, 0.3) is 0 Å². The topological polar surface area (TPSA) is 92.4 Å². The van der Waals surface area contributed by atoms with E-state index in [1.54, 1.807) is 0 Å². The first kappa shape index (κ1) is 18.0. The summed E-state index contributed by atoms with van der Waals surface area (Å²) in [4.78, 5) is 23.5.